The van der Waals surface area contributed by atoms with Crippen LogP contribution in [-0.2, 0) is 16.0 Å². The second kappa shape index (κ2) is 7.44. The Hall–Kier alpha value is -3.08. The van der Waals surface area contributed by atoms with E-state index in [2.05, 4.69) is 4.74 Å². The summed E-state index contributed by atoms with van der Waals surface area (Å²) >= 11 is 0. The first-order valence-electron chi connectivity index (χ1n) is 8.34. The van der Waals surface area contributed by atoms with Crippen LogP contribution in [0.25, 0.3) is 11.0 Å². The second-order valence-corrected chi connectivity index (χ2v) is 6.10. The minimum Gasteiger partial charge on any atom is -0.479 e. The zero-order valence-corrected chi connectivity index (χ0v) is 14.9. The van der Waals surface area contributed by atoms with Crippen LogP contribution in [0.15, 0.2) is 57.7 Å². The highest BCUT2D eigenvalue weighted by molar-refractivity contribution is 5.82. The summed E-state index contributed by atoms with van der Waals surface area (Å²) in [5.41, 5.74) is 2.64. The molecule has 0 bridgehead atoms. The fraction of sp³-hybridized carbons (Fsp3) is 0.238. The van der Waals surface area contributed by atoms with Gasteiger partial charge in [0.2, 0.25) is 0 Å². The number of ether oxygens (including phenoxy) is 2. The monoisotopic (exact) mass is 352 g/mol. The number of rotatable bonds is 5. The standard InChI is InChI=1S/C21H20O5/c1-13-17-10-9-16(25-14(2)20(22)24-3)12-19(17)26-21(23)18(13)11-15-7-5-4-6-8-15/h4-10,12,14H,11H2,1-3H3/t14-/m1/s1. The predicted molar refractivity (Wildman–Crippen MR) is 98.6 cm³/mol. The molecule has 0 fully saturated rings. The van der Waals surface area contributed by atoms with Gasteiger partial charge < -0.3 is 13.9 Å². The van der Waals surface area contributed by atoms with Gasteiger partial charge >= 0.3 is 11.6 Å². The van der Waals surface area contributed by atoms with E-state index in [9.17, 15) is 9.59 Å². The minimum absolute atomic E-state index is 0.364. The van der Waals surface area contributed by atoms with Crippen molar-refractivity contribution in [3.8, 4) is 5.75 Å². The lowest BCUT2D eigenvalue weighted by Crippen LogP contribution is -2.24. The van der Waals surface area contributed by atoms with Crippen LogP contribution < -0.4 is 10.4 Å². The van der Waals surface area contributed by atoms with Crippen LogP contribution in [0.3, 0.4) is 0 Å². The van der Waals surface area contributed by atoms with Gasteiger partial charge in [-0.05, 0) is 37.1 Å². The maximum atomic E-state index is 12.5. The molecule has 3 rings (SSSR count). The van der Waals surface area contributed by atoms with Crippen molar-refractivity contribution >= 4 is 16.9 Å². The highest BCUT2D eigenvalue weighted by Crippen LogP contribution is 2.25. The van der Waals surface area contributed by atoms with E-state index >= 15 is 0 Å². The lowest BCUT2D eigenvalue weighted by Gasteiger charge is -2.13. The Morgan fingerprint density at radius 3 is 2.58 bits per heavy atom. The molecule has 0 saturated heterocycles. The molecule has 1 heterocycles. The number of hydrogen-bond acceptors (Lipinski definition) is 5. The van der Waals surface area contributed by atoms with E-state index in [1.54, 1.807) is 19.1 Å². The summed E-state index contributed by atoms with van der Waals surface area (Å²) in [5, 5.41) is 0.841. The number of aryl methyl sites for hydroxylation is 1. The largest absolute Gasteiger partial charge is 0.479 e. The Bertz CT molecular complexity index is 988. The van der Waals surface area contributed by atoms with Crippen LogP contribution >= 0.6 is 0 Å². The molecule has 26 heavy (non-hydrogen) atoms. The van der Waals surface area contributed by atoms with Crippen molar-refractivity contribution in [3.63, 3.8) is 0 Å². The van der Waals surface area contributed by atoms with Gasteiger partial charge in [-0.15, -0.1) is 0 Å². The topological polar surface area (TPSA) is 65.7 Å². The maximum Gasteiger partial charge on any atom is 0.346 e. The molecule has 0 amide bonds. The van der Waals surface area contributed by atoms with Gasteiger partial charge in [-0.2, -0.15) is 0 Å². The molecule has 0 N–H and O–H groups in total. The average Bonchev–Trinajstić information content (AvgIpc) is 2.65. The van der Waals surface area contributed by atoms with Gasteiger partial charge in [0.1, 0.15) is 11.3 Å². The summed E-state index contributed by atoms with van der Waals surface area (Å²) in [6.07, 6.45) is -0.231. The van der Waals surface area contributed by atoms with E-state index in [1.165, 1.54) is 7.11 Å². The summed E-state index contributed by atoms with van der Waals surface area (Å²) in [6.45, 7) is 3.51. The number of fused-ring (bicyclic) bond motifs is 1. The summed E-state index contributed by atoms with van der Waals surface area (Å²) in [5.74, 6) is -0.0327. The third-order valence-corrected chi connectivity index (χ3v) is 4.33. The number of carbonyl (C=O) groups is 1. The van der Waals surface area contributed by atoms with Crippen LogP contribution in [-0.4, -0.2) is 19.2 Å². The van der Waals surface area contributed by atoms with Crippen molar-refractivity contribution in [2.75, 3.05) is 7.11 Å². The Labute approximate surface area is 151 Å². The molecule has 134 valence electrons. The number of benzene rings is 2. The smallest absolute Gasteiger partial charge is 0.346 e. The first-order valence-corrected chi connectivity index (χ1v) is 8.34. The highest BCUT2D eigenvalue weighted by atomic mass is 16.6. The van der Waals surface area contributed by atoms with Gasteiger partial charge in [0, 0.05) is 23.4 Å². The molecule has 0 aliphatic carbocycles. The summed E-state index contributed by atoms with van der Waals surface area (Å²) in [7, 11) is 1.30. The van der Waals surface area contributed by atoms with Crippen molar-refractivity contribution in [2.45, 2.75) is 26.4 Å². The molecule has 0 saturated carbocycles. The SMILES string of the molecule is COC(=O)[C@@H](C)Oc1ccc2c(C)c(Cc3ccccc3)c(=O)oc2c1. The second-order valence-electron chi connectivity index (χ2n) is 6.10. The molecule has 0 aliphatic heterocycles. The molecule has 3 aromatic rings. The molecule has 0 spiro atoms. The van der Waals surface area contributed by atoms with E-state index in [-0.39, 0.29) is 5.63 Å². The van der Waals surface area contributed by atoms with Crippen molar-refractivity contribution in [1.82, 2.24) is 0 Å². The van der Waals surface area contributed by atoms with Crippen LogP contribution in [0.5, 0.6) is 5.75 Å². The molecule has 0 unspecified atom stereocenters. The number of hydrogen-bond donors (Lipinski definition) is 0. The zero-order valence-electron chi connectivity index (χ0n) is 14.9. The van der Waals surface area contributed by atoms with Crippen LogP contribution in [0.4, 0.5) is 0 Å². The first kappa shape index (κ1) is 17.7. The van der Waals surface area contributed by atoms with Gasteiger partial charge in [-0.1, -0.05) is 30.3 Å². The molecule has 5 heteroatoms. The van der Waals surface area contributed by atoms with Gasteiger partial charge in [-0.3, -0.25) is 0 Å². The Kier molecular flexibility index (Phi) is 5.07. The number of methoxy groups -OCH3 is 1. The fourth-order valence-corrected chi connectivity index (χ4v) is 2.87. The van der Waals surface area contributed by atoms with E-state index in [0.29, 0.717) is 23.3 Å². The van der Waals surface area contributed by atoms with Crippen LogP contribution in [0.1, 0.15) is 23.6 Å². The zero-order chi connectivity index (χ0) is 18.7. The molecule has 1 aromatic heterocycles. The molecule has 5 nitrogen and oxygen atoms in total. The van der Waals surface area contributed by atoms with Crippen LogP contribution in [0.2, 0.25) is 0 Å². The molecular formula is C21H20O5. The summed E-state index contributed by atoms with van der Waals surface area (Å²) < 4.78 is 15.7. The number of esters is 1. The quantitative estimate of drug-likeness (QED) is 0.518. The van der Waals surface area contributed by atoms with E-state index in [0.717, 1.165) is 16.5 Å². The van der Waals surface area contributed by atoms with Gasteiger partial charge in [0.05, 0.1) is 7.11 Å². The normalized spacial score (nSPS) is 12.0. The van der Waals surface area contributed by atoms with Gasteiger partial charge in [0.15, 0.2) is 6.10 Å². The molecule has 2 aromatic carbocycles. The molecule has 1 atom stereocenters. The predicted octanol–water partition coefficient (Wildman–Crippen LogP) is 3.63. The Morgan fingerprint density at radius 2 is 1.88 bits per heavy atom. The maximum absolute atomic E-state index is 12.5. The van der Waals surface area contributed by atoms with Crippen molar-refractivity contribution in [1.29, 1.82) is 0 Å². The number of carbonyl (C=O) groups excluding carboxylic acids is 1. The highest BCUT2D eigenvalue weighted by Gasteiger charge is 2.17. The van der Waals surface area contributed by atoms with Crippen molar-refractivity contribution in [3.05, 3.63) is 75.6 Å². The third-order valence-electron chi connectivity index (χ3n) is 4.33. The molecule has 0 aliphatic rings. The molecular weight excluding hydrogens is 332 g/mol. The van der Waals surface area contributed by atoms with Crippen LogP contribution in [0, 0.1) is 6.92 Å². The van der Waals surface area contributed by atoms with E-state index in [4.69, 9.17) is 9.15 Å². The van der Waals surface area contributed by atoms with E-state index < -0.39 is 12.1 Å². The average molecular weight is 352 g/mol. The lowest BCUT2D eigenvalue weighted by molar-refractivity contribution is -0.147. The summed E-state index contributed by atoms with van der Waals surface area (Å²) in [4.78, 5) is 24.0. The van der Waals surface area contributed by atoms with Gasteiger partial charge in [0.25, 0.3) is 0 Å². The molecule has 0 radical (unpaired) electrons. The lowest BCUT2D eigenvalue weighted by atomic mass is 10.00. The van der Waals surface area contributed by atoms with Crippen molar-refractivity contribution in [2.24, 2.45) is 0 Å². The van der Waals surface area contributed by atoms with Gasteiger partial charge in [-0.25, -0.2) is 9.59 Å². The third kappa shape index (κ3) is 3.61. The Morgan fingerprint density at radius 1 is 1.15 bits per heavy atom. The minimum atomic E-state index is -0.748. The Balaban J connectivity index is 1.96. The fourth-order valence-electron chi connectivity index (χ4n) is 2.87. The van der Waals surface area contributed by atoms with E-state index in [1.807, 2.05) is 43.3 Å². The first-order chi connectivity index (χ1) is 12.5. The van der Waals surface area contributed by atoms with Crippen molar-refractivity contribution < 1.29 is 18.7 Å². The summed E-state index contributed by atoms with van der Waals surface area (Å²) in [6, 6.07) is 15.0.